The van der Waals surface area contributed by atoms with Crippen molar-refractivity contribution in [3.05, 3.63) is 5.82 Å². The van der Waals surface area contributed by atoms with Crippen LogP contribution in [0.1, 0.15) is 39.9 Å². The van der Waals surface area contributed by atoms with Crippen molar-refractivity contribution in [3.63, 3.8) is 0 Å². The molecule has 2 rings (SSSR count). The number of tetrazole rings is 2. The van der Waals surface area contributed by atoms with Gasteiger partial charge in [0.2, 0.25) is 5.16 Å². The maximum absolute atomic E-state index is 4.04. The highest BCUT2D eigenvalue weighted by Crippen LogP contribution is 2.23. The lowest BCUT2D eigenvalue weighted by molar-refractivity contribution is 0.321. The Bertz CT molecular complexity index is 526. The smallest absolute Gasteiger partial charge is 0.210 e. The van der Waals surface area contributed by atoms with E-state index in [0.717, 1.165) is 23.9 Å². The van der Waals surface area contributed by atoms with Gasteiger partial charge in [0, 0.05) is 6.54 Å². The maximum atomic E-state index is 4.04. The van der Waals surface area contributed by atoms with Gasteiger partial charge in [-0.3, -0.25) is 0 Å². The van der Waals surface area contributed by atoms with Gasteiger partial charge in [-0.15, -0.1) is 10.2 Å². The molecule has 0 spiro atoms. The molecule has 8 nitrogen and oxygen atoms in total. The summed E-state index contributed by atoms with van der Waals surface area (Å²) in [6, 6.07) is 0. The van der Waals surface area contributed by atoms with Crippen molar-refractivity contribution in [3.8, 4) is 0 Å². The average molecular weight is 282 g/mol. The molecule has 0 aliphatic carbocycles. The highest BCUT2D eigenvalue weighted by atomic mass is 32.2. The minimum Gasteiger partial charge on any atom is -0.229 e. The lowest BCUT2D eigenvalue weighted by Crippen LogP contribution is -2.24. The molecule has 0 aliphatic heterocycles. The Kier molecular flexibility index (Phi) is 4.13. The van der Waals surface area contributed by atoms with Crippen LogP contribution in [0.5, 0.6) is 0 Å². The van der Waals surface area contributed by atoms with E-state index in [1.165, 1.54) is 0 Å². The summed E-state index contributed by atoms with van der Waals surface area (Å²) in [4.78, 5) is 0. The van der Waals surface area contributed by atoms with Gasteiger partial charge in [-0.1, -0.05) is 18.7 Å². The van der Waals surface area contributed by atoms with Crippen LogP contribution in [-0.2, 0) is 17.8 Å². The van der Waals surface area contributed by atoms with Crippen molar-refractivity contribution in [1.82, 2.24) is 40.4 Å². The van der Waals surface area contributed by atoms with Crippen molar-refractivity contribution in [2.24, 2.45) is 0 Å². The fraction of sp³-hybridized carbons (Fsp3) is 0.800. The number of rotatable bonds is 5. The molecule has 2 aromatic heterocycles. The van der Waals surface area contributed by atoms with Crippen molar-refractivity contribution in [2.75, 3.05) is 0 Å². The average Bonchev–Trinajstić information content (AvgIpc) is 2.94. The Hall–Kier alpha value is -1.51. The predicted molar refractivity (Wildman–Crippen MR) is 70.5 cm³/mol. The number of nitrogens with zero attached hydrogens (tertiary/aromatic N) is 8. The molecular formula is C10H18N8S. The van der Waals surface area contributed by atoms with Crippen molar-refractivity contribution in [2.45, 2.75) is 57.1 Å². The second kappa shape index (κ2) is 5.64. The minimum atomic E-state index is -0.138. The molecule has 0 saturated heterocycles. The fourth-order valence-corrected chi connectivity index (χ4v) is 2.52. The molecule has 0 aliphatic rings. The van der Waals surface area contributed by atoms with Gasteiger partial charge in [0.1, 0.15) is 0 Å². The standard InChI is InChI=1S/C10H18N8S/c1-5-6-17-8(11-13-15-17)7-19-9-12-14-16-18(9)10(2,3)4/h5-7H2,1-4H3. The molecule has 19 heavy (non-hydrogen) atoms. The van der Waals surface area contributed by atoms with E-state index in [9.17, 15) is 0 Å². The van der Waals surface area contributed by atoms with Gasteiger partial charge in [-0.25, -0.2) is 9.36 Å². The first-order chi connectivity index (χ1) is 9.02. The van der Waals surface area contributed by atoms with E-state index in [1.54, 1.807) is 11.8 Å². The largest absolute Gasteiger partial charge is 0.229 e. The summed E-state index contributed by atoms with van der Waals surface area (Å²) in [5.41, 5.74) is -0.138. The Labute approximate surface area is 115 Å². The topological polar surface area (TPSA) is 87.2 Å². The normalized spacial score (nSPS) is 12.0. The summed E-state index contributed by atoms with van der Waals surface area (Å²) in [6.07, 6.45) is 1.00. The summed E-state index contributed by atoms with van der Waals surface area (Å²) in [6.45, 7) is 9.11. The SMILES string of the molecule is CCCn1nnnc1CSc1nnnn1C(C)(C)C. The molecule has 0 unspecified atom stereocenters. The van der Waals surface area contributed by atoms with Gasteiger partial charge < -0.3 is 0 Å². The van der Waals surface area contributed by atoms with Crippen LogP contribution >= 0.6 is 11.8 Å². The zero-order valence-corrected chi connectivity index (χ0v) is 12.4. The monoisotopic (exact) mass is 282 g/mol. The second-order valence-corrected chi connectivity index (χ2v) is 6.09. The first-order valence-corrected chi connectivity index (χ1v) is 7.17. The molecule has 0 bridgehead atoms. The van der Waals surface area contributed by atoms with Crippen LogP contribution in [0.2, 0.25) is 0 Å². The Morgan fingerprint density at radius 3 is 2.53 bits per heavy atom. The number of hydrogen-bond donors (Lipinski definition) is 0. The van der Waals surface area contributed by atoms with Crippen LogP contribution in [0.25, 0.3) is 0 Å². The Morgan fingerprint density at radius 1 is 1.11 bits per heavy atom. The summed E-state index contributed by atoms with van der Waals surface area (Å²) in [5, 5.41) is 24.3. The molecule has 0 atom stereocenters. The van der Waals surface area contributed by atoms with Crippen molar-refractivity contribution in [1.29, 1.82) is 0 Å². The quantitative estimate of drug-likeness (QED) is 0.759. The Balaban J connectivity index is 2.07. The molecule has 0 saturated carbocycles. The third-order valence-corrected chi connectivity index (χ3v) is 3.36. The van der Waals surface area contributed by atoms with E-state index >= 15 is 0 Å². The van der Waals surface area contributed by atoms with Crippen LogP contribution in [0.4, 0.5) is 0 Å². The van der Waals surface area contributed by atoms with Gasteiger partial charge in [0.15, 0.2) is 5.82 Å². The van der Waals surface area contributed by atoms with Gasteiger partial charge in [-0.05, 0) is 48.0 Å². The first kappa shape index (κ1) is 13.9. The van der Waals surface area contributed by atoms with E-state index < -0.39 is 0 Å². The summed E-state index contributed by atoms with van der Waals surface area (Å²) < 4.78 is 3.63. The van der Waals surface area contributed by atoms with Gasteiger partial charge in [0.25, 0.3) is 0 Å². The molecule has 0 radical (unpaired) electrons. The molecule has 0 fully saturated rings. The zero-order chi connectivity index (χ0) is 13.9. The van der Waals surface area contributed by atoms with Crippen LogP contribution < -0.4 is 0 Å². The molecule has 9 heteroatoms. The summed E-state index contributed by atoms with van der Waals surface area (Å²) >= 11 is 1.54. The highest BCUT2D eigenvalue weighted by Gasteiger charge is 2.20. The maximum Gasteiger partial charge on any atom is 0.210 e. The van der Waals surface area contributed by atoms with Crippen LogP contribution in [0, 0.1) is 0 Å². The molecule has 2 heterocycles. The number of aromatic nitrogens is 8. The highest BCUT2D eigenvalue weighted by molar-refractivity contribution is 7.98. The van der Waals surface area contributed by atoms with Gasteiger partial charge in [-0.2, -0.15) is 0 Å². The van der Waals surface area contributed by atoms with Crippen LogP contribution in [0.15, 0.2) is 5.16 Å². The molecule has 0 aromatic carbocycles. The van der Waals surface area contributed by atoms with Crippen LogP contribution in [-0.4, -0.2) is 40.4 Å². The lowest BCUT2D eigenvalue weighted by Gasteiger charge is -2.19. The lowest BCUT2D eigenvalue weighted by atomic mass is 10.1. The van der Waals surface area contributed by atoms with E-state index in [-0.39, 0.29) is 5.54 Å². The predicted octanol–water partition coefficient (Wildman–Crippen LogP) is 1.12. The molecule has 2 aromatic rings. The number of thioether (sulfide) groups is 1. The summed E-state index contributed by atoms with van der Waals surface area (Å²) in [7, 11) is 0. The summed E-state index contributed by atoms with van der Waals surface area (Å²) in [5.74, 6) is 1.50. The second-order valence-electron chi connectivity index (χ2n) is 5.15. The zero-order valence-electron chi connectivity index (χ0n) is 11.6. The van der Waals surface area contributed by atoms with E-state index in [1.807, 2.05) is 9.36 Å². The van der Waals surface area contributed by atoms with E-state index in [2.05, 4.69) is 58.7 Å². The van der Waals surface area contributed by atoms with E-state index in [4.69, 9.17) is 0 Å². The molecule has 0 amide bonds. The van der Waals surface area contributed by atoms with Crippen molar-refractivity contribution < 1.29 is 0 Å². The number of aryl methyl sites for hydroxylation is 1. The molecule has 104 valence electrons. The molecule has 0 N–H and O–H groups in total. The Morgan fingerprint density at radius 2 is 1.84 bits per heavy atom. The van der Waals surface area contributed by atoms with Gasteiger partial charge >= 0.3 is 0 Å². The molecular weight excluding hydrogens is 264 g/mol. The van der Waals surface area contributed by atoms with Crippen molar-refractivity contribution >= 4 is 11.8 Å². The number of hydrogen-bond acceptors (Lipinski definition) is 7. The van der Waals surface area contributed by atoms with E-state index in [0.29, 0.717) is 5.75 Å². The third kappa shape index (κ3) is 3.28. The first-order valence-electron chi connectivity index (χ1n) is 6.19. The third-order valence-electron chi connectivity index (χ3n) is 2.45. The van der Waals surface area contributed by atoms with Crippen LogP contribution in [0.3, 0.4) is 0 Å². The fourth-order valence-electron chi connectivity index (χ4n) is 1.53. The minimum absolute atomic E-state index is 0.138. The van der Waals surface area contributed by atoms with Gasteiger partial charge in [0.05, 0.1) is 11.3 Å².